The minimum atomic E-state index is -0.662. The van der Waals surface area contributed by atoms with E-state index >= 15 is 0 Å². The van der Waals surface area contributed by atoms with Crippen LogP contribution in [0, 0.1) is 0 Å². The van der Waals surface area contributed by atoms with Crippen LogP contribution in [0.25, 0.3) is 0 Å². The van der Waals surface area contributed by atoms with Gasteiger partial charge in [-0.2, -0.15) is 0 Å². The second kappa shape index (κ2) is 54.5. The summed E-state index contributed by atoms with van der Waals surface area (Å²) in [5.74, 6) is -0.0195. The lowest BCUT2D eigenvalue weighted by atomic mass is 10.0. The van der Waals surface area contributed by atoms with E-state index in [0.717, 1.165) is 38.5 Å². The van der Waals surface area contributed by atoms with Gasteiger partial charge in [-0.25, -0.2) is 0 Å². The molecular weight excluding hydrogens is 791 g/mol. The summed E-state index contributed by atoms with van der Waals surface area (Å²) in [4.78, 5) is 24.5. The number of carbonyl (C=O) groups is 2. The number of esters is 1. The Morgan fingerprint density at radius 1 is 0.375 bits per heavy atom. The van der Waals surface area contributed by atoms with Crippen LogP contribution in [0.4, 0.5) is 0 Å². The molecule has 1 amide bonds. The van der Waals surface area contributed by atoms with Crippen LogP contribution in [0.5, 0.6) is 0 Å². The normalized spacial score (nSPS) is 12.5. The van der Waals surface area contributed by atoms with Crippen LogP contribution >= 0.6 is 0 Å². The van der Waals surface area contributed by atoms with Crippen molar-refractivity contribution in [2.45, 2.75) is 347 Å². The zero-order valence-electron chi connectivity index (χ0n) is 43.5. The Hall–Kier alpha value is -1.14. The van der Waals surface area contributed by atoms with Crippen LogP contribution in [-0.2, 0) is 14.3 Å². The number of hydrogen-bond acceptors (Lipinski definition) is 5. The first-order valence-corrected chi connectivity index (χ1v) is 29.3. The van der Waals surface area contributed by atoms with Crippen molar-refractivity contribution in [3.63, 3.8) is 0 Å². The van der Waals surface area contributed by atoms with Crippen molar-refractivity contribution >= 4 is 11.9 Å². The summed E-state index contributed by atoms with van der Waals surface area (Å²) < 4.78 is 5.48. The smallest absolute Gasteiger partial charge is 0.305 e. The fourth-order valence-corrected chi connectivity index (χ4v) is 9.41. The molecule has 0 saturated heterocycles. The van der Waals surface area contributed by atoms with E-state index in [9.17, 15) is 19.8 Å². The molecule has 0 radical (unpaired) electrons. The predicted molar refractivity (Wildman–Crippen MR) is 278 cm³/mol. The van der Waals surface area contributed by atoms with Gasteiger partial charge >= 0.3 is 5.97 Å². The Labute approximate surface area is 400 Å². The third-order valence-electron chi connectivity index (χ3n) is 13.9. The Morgan fingerprint density at radius 3 is 0.953 bits per heavy atom. The third-order valence-corrected chi connectivity index (χ3v) is 13.9. The van der Waals surface area contributed by atoms with Crippen LogP contribution in [0.15, 0.2) is 0 Å². The lowest BCUT2D eigenvalue weighted by Crippen LogP contribution is -2.45. The van der Waals surface area contributed by atoms with Crippen molar-refractivity contribution in [1.29, 1.82) is 0 Å². The molecular formula is C58H115NO5. The lowest BCUT2D eigenvalue weighted by Gasteiger charge is -2.22. The Balaban J connectivity index is 3.35. The first kappa shape index (κ1) is 62.9. The van der Waals surface area contributed by atoms with Crippen LogP contribution in [-0.4, -0.2) is 47.4 Å². The van der Waals surface area contributed by atoms with Crippen molar-refractivity contribution in [2.24, 2.45) is 0 Å². The number of amides is 1. The van der Waals surface area contributed by atoms with E-state index in [0.29, 0.717) is 25.9 Å². The molecule has 2 unspecified atom stereocenters. The second-order valence-corrected chi connectivity index (χ2v) is 20.3. The predicted octanol–water partition coefficient (Wildman–Crippen LogP) is 17.9. The molecule has 3 N–H and O–H groups in total. The van der Waals surface area contributed by atoms with Crippen molar-refractivity contribution in [2.75, 3.05) is 13.2 Å². The number of aliphatic hydroxyl groups is 2. The Bertz CT molecular complexity index is 913. The van der Waals surface area contributed by atoms with E-state index in [-0.39, 0.29) is 18.5 Å². The molecule has 0 fully saturated rings. The minimum Gasteiger partial charge on any atom is -0.466 e. The van der Waals surface area contributed by atoms with Gasteiger partial charge in [0, 0.05) is 12.8 Å². The number of hydrogen-bond donors (Lipinski definition) is 3. The van der Waals surface area contributed by atoms with Gasteiger partial charge in [-0.05, 0) is 25.7 Å². The summed E-state index contributed by atoms with van der Waals surface area (Å²) >= 11 is 0. The van der Waals surface area contributed by atoms with Crippen LogP contribution in [0.1, 0.15) is 335 Å². The van der Waals surface area contributed by atoms with Gasteiger partial charge in [0.2, 0.25) is 5.91 Å². The standard InChI is InChI=1S/C58H115NO5/c1-3-5-7-9-11-13-15-17-28-32-36-40-44-48-52-58(63)64-53-49-45-41-37-33-29-26-24-22-20-18-19-21-23-25-27-31-35-39-43-47-51-57(62)59-55(54-60)56(61)50-46-42-38-34-30-16-14-12-10-8-6-4-2/h55-56,60-61H,3-54H2,1-2H3,(H,59,62). The zero-order valence-corrected chi connectivity index (χ0v) is 43.5. The highest BCUT2D eigenvalue weighted by molar-refractivity contribution is 5.76. The summed E-state index contributed by atoms with van der Waals surface area (Å²) in [6, 6.07) is -0.539. The Morgan fingerprint density at radius 2 is 0.641 bits per heavy atom. The molecule has 382 valence electrons. The quantitative estimate of drug-likeness (QED) is 0.0417. The molecule has 0 aromatic heterocycles. The van der Waals surface area contributed by atoms with Gasteiger partial charge in [-0.15, -0.1) is 0 Å². The fraction of sp³-hybridized carbons (Fsp3) is 0.966. The number of nitrogens with one attached hydrogen (secondary N) is 1. The average molecular weight is 907 g/mol. The highest BCUT2D eigenvalue weighted by Gasteiger charge is 2.20. The van der Waals surface area contributed by atoms with Gasteiger partial charge in [-0.3, -0.25) is 9.59 Å². The summed E-state index contributed by atoms with van der Waals surface area (Å²) in [6.45, 7) is 4.97. The largest absolute Gasteiger partial charge is 0.466 e. The van der Waals surface area contributed by atoms with Crippen LogP contribution in [0.3, 0.4) is 0 Å². The third kappa shape index (κ3) is 50.3. The molecule has 0 aliphatic rings. The van der Waals surface area contributed by atoms with Gasteiger partial charge < -0.3 is 20.3 Å². The van der Waals surface area contributed by atoms with E-state index in [4.69, 9.17) is 4.74 Å². The van der Waals surface area contributed by atoms with Crippen molar-refractivity contribution in [1.82, 2.24) is 5.32 Å². The Kier molecular flexibility index (Phi) is 53.5. The maximum absolute atomic E-state index is 12.4. The minimum absolute atomic E-state index is 0.0150. The molecule has 0 aliphatic heterocycles. The first-order valence-electron chi connectivity index (χ1n) is 29.3. The molecule has 0 aromatic rings. The molecule has 0 bridgehead atoms. The average Bonchev–Trinajstić information content (AvgIpc) is 3.29. The molecule has 6 heteroatoms. The van der Waals surface area contributed by atoms with Crippen molar-refractivity contribution in [3.05, 3.63) is 0 Å². The SMILES string of the molecule is CCCCCCCCCCCCCCCCC(=O)OCCCCCCCCCCCCCCCCCCCCCCCC(=O)NC(CO)C(O)CCCCCCCCCCCCCC. The molecule has 0 spiro atoms. The first-order chi connectivity index (χ1) is 31.5. The van der Waals surface area contributed by atoms with Crippen LogP contribution in [0.2, 0.25) is 0 Å². The van der Waals surface area contributed by atoms with Gasteiger partial charge in [0.05, 0.1) is 25.4 Å². The van der Waals surface area contributed by atoms with Gasteiger partial charge in [-0.1, -0.05) is 296 Å². The number of carbonyl (C=O) groups excluding carboxylic acids is 2. The molecule has 64 heavy (non-hydrogen) atoms. The van der Waals surface area contributed by atoms with E-state index < -0.39 is 12.1 Å². The summed E-state index contributed by atoms with van der Waals surface area (Å²) in [5.41, 5.74) is 0. The number of rotatable bonds is 55. The monoisotopic (exact) mass is 906 g/mol. The molecule has 0 aliphatic carbocycles. The van der Waals surface area contributed by atoms with Gasteiger partial charge in [0.25, 0.3) is 0 Å². The zero-order chi connectivity index (χ0) is 46.5. The van der Waals surface area contributed by atoms with Crippen molar-refractivity contribution in [3.8, 4) is 0 Å². The highest BCUT2D eigenvalue weighted by Crippen LogP contribution is 2.18. The molecule has 0 aromatic carbocycles. The maximum atomic E-state index is 12.4. The van der Waals surface area contributed by atoms with E-state index in [2.05, 4.69) is 19.2 Å². The van der Waals surface area contributed by atoms with E-state index in [1.807, 2.05) is 0 Å². The van der Waals surface area contributed by atoms with Gasteiger partial charge in [0.15, 0.2) is 0 Å². The van der Waals surface area contributed by atoms with Crippen molar-refractivity contribution < 1.29 is 24.5 Å². The summed E-state index contributed by atoms with van der Waals surface area (Å²) in [5, 5.41) is 23.2. The number of ether oxygens (including phenoxy) is 1. The number of unbranched alkanes of at least 4 members (excludes halogenated alkanes) is 44. The summed E-state index contributed by atoms with van der Waals surface area (Å²) in [7, 11) is 0. The fourth-order valence-electron chi connectivity index (χ4n) is 9.41. The van der Waals surface area contributed by atoms with E-state index in [1.165, 1.54) is 263 Å². The molecule has 6 nitrogen and oxygen atoms in total. The maximum Gasteiger partial charge on any atom is 0.305 e. The van der Waals surface area contributed by atoms with Crippen LogP contribution < -0.4 is 5.32 Å². The van der Waals surface area contributed by atoms with Gasteiger partial charge in [0.1, 0.15) is 0 Å². The molecule has 0 saturated carbocycles. The molecule has 2 atom stereocenters. The highest BCUT2D eigenvalue weighted by atomic mass is 16.5. The number of aliphatic hydroxyl groups excluding tert-OH is 2. The molecule has 0 heterocycles. The topological polar surface area (TPSA) is 95.9 Å². The lowest BCUT2D eigenvalue weighted by molar-refractivity contribution is -0.143. The van der Waals surface area contributed by atoms with E-state index in [1.54, 1.807) is 0 Å². The summed E-state index contributed by atoms with van der Waals surface area (Å²) in [6.07, 6.45) is 62.4. The molecule has 0 rings (SSSR count). The second-order valence-electron chi connectivity index (χ2n) is 20.3.